The number of hydrogen-bond acceptors (Lipinski definition) is 2. The van der Waals surface area contributed by atoms with Crippen LogP contribution in [0.25, 0.3) is 0 Å². The molecule has 0 aromatic heterocycles. The zero-order valence-corrected chi connectivity index (χ0v) is 10.2. The fourth-order valence-electron chi connectivity index (χ4n) is 2.28. The molecule has 0 saturated carbocycles. The van der Waals surface area contributed by atoms with Crippen molar-refractivity contribution in [1.82, 2.24) is 5.32 Å². The highest BCUT2D eigenvalue weighted by Crippen LogP contribution is 2.35. The summed E-state index contributed by atoms with van der Waals surface area (Å²) in [5.41, 5.74) is 1.39. The first kappa shape index (κ1) is 12.3. The molecule has 2 atom stereocenters. The molecule has 0 radical (unpaired) electrons. The number of amides is 1. The second-order valence-corrected chi connectivity index (χ2v) is 4.76. The van der Waals surface area contributed by atoms with Gasteiger partial charge in [-0.15, -0.1) is 0 Å². The Kier molecular flexibility index (Phi) is 3.64. The van der Waals surface area contributed by atoms with E-state index in [1.807, 2.05) is 0 Å². The molecular weight excluding hydrogens is 243 g/mol. The van der Waals surface area contributed by atoms with Gasteiger partial charge in [0, 0.05) is 18.2 Å². The van der Waals surface area contributed by atoms with Gasteiger partial charge in [-0.2, -0.15) is 0 Å². The predicted molar refractivity (Wildman–Crippen MR) is 65.9 cm³/mol. The second kappa shape index (κ2) is 5.02. The summed E-state index contributed by atoms with van der Waals surface area (Å²) in [6.07, 6.45) is 0.583. The lowest BCUT2D eigenvalue weighted by molar-refractivity contribution is -0.105. The number of nitrogens with one attached hydrogen (secondary N) is 2. The molecule has 1 unspecified atom stereocenters. The zero-order valence-electron chi connectivity index (χ0n) is 9.47. The second-order valence-electron chi connectivity index (χ2n) is 4.36. The molecule has 1 amide bonds. The number of hydrogen-bond donors (Lipinski definition) is 2. The minimum absolute atomic E-state index is 0.0247. The molecule has 17 heavy (non-hydrogen) atoms. The molecule has 1 aliphatic heterocycles. The standard InChI is InChI=1S/C12H14ClFN2O/c1-7-4-15-5-9(7)8-2-11(14)10(13)3-12(8)16-6-17/h2-3,6-7,9,15H,4-5H2,1H3,(H,16,17)/t7-,9?/m0/s1. The molecule has 3 nitrogen and oxygen atoms in total. The maximum absolute atomic E-state index is 13.5. The Bertz CT molecular complexity index is 439. The Morgan fingerprint density at radius 3 is 2.88 bits per heavy atom. The predicted octanol–water partition coefficient (Wildman–Crippen LogP) is 2.37. The molecule has 1 aromatic rings. The van der Waals surface area contributed by atoms with Gasteiger partial charge in [-0.1, -0.05) is 18.5 Å². The minimum Gasteiger partial charge on any atom is -0.328 e. The third-order valence-electron chi connectivity index (χ3n) is 3.22. The SMILES string of the molecule is C[C@H]1CNCC1c1cc(F)c(Cl)cc1NC=O. The molecule has 1 aromatic carbocycles. The average molecular weight is 257 g/mol. The molecule has 2 rings (SSSR count). The molecule has 0 spiro atoms. The van der Waals surface area contributed by atoms with Crippen molar-refractivity contribution in [3.05, 3.63) is 28.5 Å². The van der Waals surface area contributed by atoms with Gasteiger partial charge in [0.15, 0.2) is 0 Å². The Morgan fingerprint density at radius 2 is 2.29 bits per heavy atom. The molecule has 0 aliphatic carbocycles. The zero-order chi connectivity index (χ0) is 12.4. The maximum Gasteiger partial charge on any atom is 0.211 e. The number of carbonyl (C=O) groups excluding carboxylic acids is 1. The van der Waals surface area contributed by atoms with Crippen molar-refractivity contribution in [2.75, 3.05) is 18.4 Å². The van der Waals surface area contributed by atoms with E-state index in [1.54, 1.807) is 0 Å². The van der Waals surface area contributed by atoms with E-state index >= 15 is 0 Å². The van der Waals surface area contributed by atoms with Crippen LogP contribution in [0.2, 0.25) is 5.02 Å². The third-order valence-corrected chi connectivity index (χ3v) is 3.51. The first-order chi connectivity index (χ1) is 8.13. The average Bonchev–Trinajstić information content (AvgIpc) is 2.70. The van der Waals surface area contributed by atoms with Crippen LogP contribution in [0.4, 0.5) is 10.1 Å². The quantitative estimate of drug-likeness (QED) is 0.816. The number of halogens is 2. The number of carbonyl (C=O) groups is 1. The Labute approximate surface area is 104 Å². The van der Waals surface area contributed by atoms with Gasteiger partial charge in [0.1, 0.15) is 5.82 Å². The number of benzene rings is 1. The van der Waals surface area contributed by atoms with Gasteiger partial charge in [-0.3, -0.25) is 4.79 Å². The van der Waals surface area contributed by atoms with Gasteiger partial charge in [0.2, 0.25) is 6.41 Å². The van der Waals surface area contributed by atoms with Crippen LogP contribution < -0.4 is 10.6 Å². The van der Waals surface area contributed by atoms with Gasteiger partial charge in [-0.05, 0) is 30.2 Å². The fraction of sp³-hybridized carbons (Fsp3) is 0.417. The first-order valence-electron chi connectivity index (χ1n) is 5.53. The summed E-state index contributed by atoms with van der Waals surface area (Å²) < 4.78 is 13.5. The van der Waals surface area contributed by atoms with Gasteiger partial charge >= 0.3 is 0 Å². The van der Waals surface area contributed by atoms with Gasteiger partial charge < -0.3 is 10.6 Å². The van der Waals surface area contributed by atoms with E-state index in [4.69, 9.17) is 11.6 Å². The van der Waals surface area contributed by atoms with Crippen LogP contribution in [0, 0.1) is 11.7 Å². The van der Waals surface area contributed by atoms with Crippen LogP contribution in [-0.2, 0) is 4.79 Å². The van der Waals surface area contributed by atoms with Crippen molar-refractivity contribution >= 4 is 23.7 Å². The molecular formula is C12H14ClFN2O. The van der Waals surface area contributed by atoms with Crippen molar-refractivity contribution in [3.63, 3.8) is 0 Å². The Morgan fingerprint density at radius 1 is 1.53 bits per heavy atom. The lowest BCUT2D eigenvalue weighted by Crippen LogP contribution is -2.11. The Balaban J connectivity index is 2.42. The molecule has 92 valence electrons. The summed E-state index contributed by atoms with van der Waals surface area (Å²) in [5.74, 6) is 0.157. The first-order valence-corrected chi connectivity index (χ1v) is 5.91. The summed E-state index contributed by atoms with van der Waals surface area (Å²) in [6.45, 7) is 3.78. The molecule has 1 aliphatic rings. The summed E-state index contributed by atoms with van der Waals surface area (Å²) in [6, 6.07) is 2.88. The van der Waals surface area contributed by atoms with Crippen molar-refractivity contribution < 1.29 is 9.18 Å². The van der Waals surface area contributed by atoms with E-state index in [1.165, 1.54) is 12.1 Å². The van der Waals surface area contributed by atoms with E-state index in [0.717, 1.165) is 18.7 Å². The molecule has 0 bridgehead atoms. The van der Waals surface area contributed by atoms with Crippen molar-refractivity contribution in [3.8, 4) is 0 Å². The van der Waals surface area contributed by atoms with Crippen LogP contribution in [0.5, 0.6) is 0 Å². The van der Waals surface area contributed by atoms with Crippen LogP contribution in [0.1, 0.15) is 18.4 Å². The fourth-order valence-corrected chi connectivity index (χ4v) is 2.45. The highest BCUT2D eigenvalue weighted by atomic mass is 35.5. The van der Waals surface area contributed by atoms with Crippen molar-refractivity contribution in [1.29, 1.82) is 0 Å². The van der Waals surface area contributed by atoms with Crippen LogP contribution >= 0.6 is 11.6 Å². The summed E-state index contributed by atoms with van der Waals surface area (Å²) in [4.78, 5) is 10.6. The molecule has 1 fully saturated rings. The van der Waals surface area contributed by atoms with Crippen LogP contribution in [0.15, 0.2) is 12.1 Å². The lowest BCUT2D eigenvalue weighted by Gasteiger charge is -2.18. The van der Waals surface area contributed by atoms with E-state index in [9.17, 15) is 9.18 Å². The lowest BCUT2D eigenvalue weighted by atomic mass is 9.89. The molecule has 5 heteroatoms. The molecule has 1 heterocycles. The summed E-state index contributed by atoms with van der Waals surface area (Å²) >= 11 is 5.72. The third kappa shape index (κ3) is 2.42. The van der Waals surface area contributed by atoms with Crippen LogP contribution in [0.3, 0.4) is 0 Å². The number of anilines is 1. The smallest absolute Gasteiger partial charge is 0.211 e. The largest absolute Gasteiger partial charge is 0.328 e. The minimum atomic E-state index is -0.447. The maximum atomic E-state index is 13.5. The normalized spacial score (nSPS) is 23.7. The van der Waals surface area contributed by atoms with Gasteiger partial charge in [-0.25, -0.2) is 4.39 Å². The summed E-state index contributed by atoms with van der Waals surface area (Å²) in [5, 5.41) is 5.86. The summed E-state index contributed by atoms with van der Waals surface area (Å²) in [7, 11) is 0. The van der Waals surface area contributed by atoms with Crippen LogP contribution in [-0.4, -0.2) is 19.5 Å². The van der Waals surface area contributed by atoms with Crippen molar-refractivity contribution in [2.45, 2.75) is 12.8 Å². The Hall–Kier alpha value is -1.13. The highest BCUT2D eigenvalue weighted by molar-refractivity contribution is 6.31. The number of rotatable bonds is 3. The van der Waals surface area contributed by atoms with Gasteiger partial charge in [0.05, 0.1) is 5.02 Å². The molecule has 1 saturated heterocycles. The van der Waals surface area contributed by atoms with E-state index in [-0.39, 0.29) is 10.9 Å². The molecule has 2 N–H and O–H groups in total. The van der Waals surface area contributed by atoms with E-state index in [0.29, 0.717) is 18.0 Å². The monoisotopic (exact) mass is 256 g/mol. The van der Waals surface area contributed by atoms with E-state index < -0.39 is 5.82 Å². The van der Waals surface area contributed by atoms with E-state index in [2.05, 4.69) is 17.6 Å². The van der Waals surface area contributed by atoms with Gasteiger partial charge in [0.25, 0.3) is 0 Å². The van der Waals surface area contributed by atoms with Crippen molar-refractivity contribution in [2.24, 2.45) is 5.92 Å². The highest BCUT2D eigenvalue weighted by Gasteiger charge is 2.27. The topological polar surface area (TPSA) is 41.1 Å².